The molecule has 1 aromatic carbocycles. The van der Waals surface area contributed by atoms with Crippen LogP contribution in [0.5, 0.6) is 0 Å². The molecular weight excluding hydrogens is 172 g/mol. The van der Waals surface area contributed by atoms with Crippen molar-refractivity contribution in [2.24, 2.45) is 0 Å². The molecule has 0 radical (unpaired) electrons. The molecule has 14 heavy (non-hydrogen) atoms. The third-order valence-electron chi connectivity index (χ3n) is 2.56. The maximum Gasteiger partial charge on any atom is 0.0415 e. The summed E-state index contributed by atoms with van der Waals surface area (Å²) in [5.74, 6) is 0. The lowest BCUT2D eigenvalue weighted by atomic mass is 10.1. The second-order valence-corrected chi connectivity index (χ2v) is 3.54. The second kappa shape index (κ2) is 4.29. The molecule has 1 aliphatic heterocycles. The van der Waals surface area contributed by atoms with Crippen molar-refractivity contribution in [3.8, 4) is 0 Å². The van der Waals surface area contributed by atoms with Crippen LogP contribution in [0.25, 0.3) is 0 Å². The van der Waals surface area contributed by atoms with E-state index in [0.29, 0.717) is 0 Å². The minimum atomic E-state index is 0.929. The van der Waals surface area contributed by atoms with Crippen LogP contribution in [0, 0.1) is 0 Å². The summed E-state index contributed by atoms with van der Waals surface area (Å²) in [6.07, 6.45) is 1.96. The molecule has 0 spiro atoms. The van der Waals surface area contributed by atoms with Crippen molar-refractivity contribution in [3.63, 3.8) is 0 Å². The molecule has 0 fully saturated rings. The largest absolute Gasteiger partial charge is 0.366 e. The van der Waals surface area contributed by atoms with Crippen LogP contribution in [0.4, 0.5) is 5.69 Å². The Morgan fingerprint density at radius 3 is 3.14 bits per heavy atom. The summed E-state index contributed by atoms with van der Waals surface area (Å²) in [5.41, 5.74) is 2.73. The third kappa shape index (κ3) is 1.80. The van der Waals surface area contributed by atoms with E-state index in [0.717, 1.165) is 26.2 Å². The predicted molar refractivity (Wildman–Crippen MR) is 60.6 cm³/mol. The van der Waals surface area contributed by atoms with Gasteiger partial charge in [-0.05, 0) is 11.6 Å². The Kier molecular flexibility index (Phi) is 2.84. The van der Waals surface area contributed by atoms with Crippen molar-refractivity contribution in [2.75, 3.05) is 24.5 Å². The monoisotopic (exact) mass is 188 g/mol. The van der Waals surface area contributed by atoms with E-state index in [2.05, 4.69) is 41.1 Å². The van der Waals surface area contributed by atoms with Gasteiger partial charge in [0.25, 0.3) is 0 Å². The fourth-order valence-corrected chi connectivity index (χ4v) is 1.87. The highest BCUT2D eigenvalue weighted by Gasteiger charge is 2.12. The van der Waals surface area contributed by atoms with Crippen molar-refractivity contribution in [1.82, 2.24) is 5.32 Å². The Hall–Kier alpha value is -1.28. The molecule has 2 rings (SSSR count). The number of para-hydroxylation sites is 1. The molecule has 0 unspecified atom stereocenters. The van der Waals surface area contributed by atoms with Crippen LogP contribution in [0.2, 0.25) is 0 Å². The van der Waals surface area contributed by atoms with Gasteiger partial charge in [-0.15, -0.1) is 6.58 Å². The Morgan fingerprint density at radius 2 is 2.29 bits per heavy atom. The molecule has 0 amide bonds. The SMILES string of the molecule is C=CCN1CCNCc2ccccc21. The first-order valence-electron chi connectivity index (χ1n) is 5.06. The zero-order valence-corrected chi connectivity index (χ0v) is 8.37. The highest BCUT2D eigenvalue weighted by Crippen LogP contribution is 2.21. The number of nitrogens with one attached hydrogen (secondary N) is 1. The summed E-state index contributed by atoms with van der Waals surface area (Å²) in [5, 5.41) is 3.42. The van der Waals surface area contributed by atoms with E-state index in [4.69, 9.17) is 0 Å². The van der Waals surface area contributed by atoms with Crippen LogP contribution >= 0.6 is 0 Å². The van der Waals surface area contributed by atoms with Crippen molar-refractivity contribution in [3.05, 3.63) is 42.5 Å². The zero-order valence-electron chi connectivity index (χ0n) is 8.37. The van der Waals surface area contributed by atoms with Gasteiger partial charge in [0.05, 0.1) is 0 Å². The van der Waals surface area contributed by atoms with E-state index in [-0.39, 0.29) is 0 Å². The Labute approximate surface area is 85.2 Å². The first-order valence-corrected chi connectivity index (χ1v) is 5.06. The number of fused-ring (bicyclic) bond motifs is 1. The molecule has 1 aromatic rings. The van der Waals surface area contributed by atoms with Crippen molar-refractivity contribution in [1.29, 1.82) is 0 Å². The molecule has 0 aromatic heterocycles. The number of hydrogen-bond donors (Lipinski definition) is 1. The maximum atomic E-state index is 3.80. The Bertz CT molecular complexity index is 320. The average molecular weight is 188 g/mol. The summed E-state index contributed by atoms with van der Waals surface area (Å²) in [7, 11) is 0. The normalized spacial score (nSPS) is 15.9. The molecule has 1 N–H and O–H groups in total. The minimum absolute atomic E-state index is 0.929. The highest BCUT2D eigenvalue weighted by molar-refractivity contribution is 5.54. The van der Waals surface area contributed by atoms with E-state index in [1.165, 1.54) is 11.3 Å². The van der Waals surface area contributed by atoms with Gasteiger partial charge < -0.3 is 10.2 Å². The van der Waals surface area contributed by atoms with Crippen molar-refractivity contribution < 1.29 is 0 Å². The quantitative estimate of drug-likeness (QED) is 0.712. The van der Waals surface area contributed by atoms with E-state index in [1.54, 1.807) is 0 Å². The first-order chi connectivity index (χ1) is 6.92. The van der Waals surface area contributed by atoms with Gasteiger partial charge in [0.2, 0.25) is 0 Å². The van der Waals surface area contributed by atoms with E-state index >= 15 is 0 Å². The number of nitrogens with zero attached hydrogens (tertiary/aromatic N) is 1. The fourth-order valence-electron chi connectivity index (χ4n) is 1.87. The Morgan fingerprint density at radius 1 is 1.43 bits per heavy atom. The standard InChI is InChI=1S/C12H16N2/c1-2-8-14-9-7-13-10-11-5-3-4-6-12(11)14/h2-6,13H,1,7-10H2. The van der Waals surface area contributed by atoms with Gasteiger partial charge in [-0.3, -0.25) is 0 Å². The maximum absolute atomic E-state index is 3.80. The van der Waals surface area contributed by atoms with Gasteiger partial charge in [-0.2, -0.15) is 0 Å². The van der Waals surface area contributed by atoms with Crippen LogP contribution in [0.3, 0.4) is 0 Å². The van der Waals surface area contributed by atoms with Crippen LogP contribution < -0.4 is 10.2 Å². The number of rotatable bonds is 2. The molecule has 1 heterocycles. The summed E-state index contributed by atoms with van der Waals surface area (Å²) in [6.45, 7) is 7.80. The minimum Gasteiger partial charge on any atom is -0.366 e. The Balaban J connectivity index is 2.31. The van der Waals surface area contributed by atoms with Crippen LogP contribution in [-0.2, 0) is 6.54 Å². The molecule has 2 nitrogen and oxygen atoms in total. The van der Waals surface area contributed by atoms with Gasteiger partial charge >= 0.3 is 0 Å². The van der Waals surface area contributed by atoms with Crippen LogP contribution in [-0.4, -0.2) is 19.6 Å². The number of anilines is 1. The molecule has 0 atom stereocenters. The average Bonchev–Trinajstić information content (AvgIpc) is 2.42. The molecule has 2 heteroatoms. The lowest BCUT2D eigenvalue weighted by Gasteiger charge is -2.22. The highest BCUT2D eigenvalue weighted by atomic mass is 15.2. The van der Waals surface area contributed by atoms with Crippen LogP contribution in [0.1, 0.15) is 5.56 Å². The fraction of sp³-hybridized carbons (Fsp3) is 0.333. The van der Waals surface area contributed by atoms with E-state index in [1.807, 2.05) is 6.08 Å². The molecule has 0 saturated heterocycles. The van der Waals surface area contributed by atoms with E-state index in [9.17, 15) is 0 Å². The van der Waals surface area contributed by atoms with Gasteiger partial charge in [0.15, 0.2) is 0 Å². The lowest BCUT2D eigenvalue weighted by Crippen LogP contribution is -2.28. The predicted octanol–water partition coefficient (Wildman–Crippen LogP) is 1.78. The molecule has 0 saturated carbocycles. The molecule has 0 aliphatic carbocycles. The van der Waals surface area contributed by atoms with Gasteiger partial charge in [0.1, 0.15) is 0 Å². The first kappa shape index (κ1) is 9.28. The zero-order chi connectivity index (χ0) is 9.80. The third-order valence-corrected chi connectivity index (χ3v) is 2.56. The van der Waals surface area contributed by atoms with Crippen LogP contribution in [0.15, 0.2) is 36.9 Å². The van der Waals surface area contributed by atoms with Gasteiger partial charge in [0, 0.05) is 31.9 Å². The molecule has 0 bridgehead atoms. The molecule has 1 aliphatic rings. The summed E-state index contributed by atoms with van der Waals surface area (Å²) in [6, 6.07) is 8.56. The molecular formula is C12H16N2. The van der Waals surface area contributed by atoms with E-state index < -0.39 is 0 Å². The van der Waals surface area contributed by atoms with Crippen molar-refractivity contribution in [2.45, 2.75) is 6.54 Å². The van der Waals surface area contributed by atoms with Crippen molar-refractivity contribution >= 4 is 5.69 Å². The van der Waals surface area contributed by atoms with Gasteiger partial charge in [-0.1, -0.05) is 24.3 Å². The number of benzene rings is 1. The summed E-state index contributed by atoms with van der Waals surface area (Å²) < 4.78 is 0. The topological polar surface area (TPSA) is 15.3 Å². The number of hydrogen-bond acceptors (Lipinski definition) is 2. The summed E-state index contributed by atoms with van der Waals surface area (Å²) in [4.78, 5) is 2.36. The molecule has 74 valence electrons. The lowest BCUT2D eigenvalue weighted by molar-refractivity contribution is 0.700. The van der Waals surface area contributed by atoms with Gasteiger partial charge in [-0.25, -0.2) is 0 Å². The second-order valence-electron chi connectivity index (χ2n) is 3.54. The smallest absolute Gasteiger partial charge is 0.0415 e. The summed E-state index contributed by atoms with van der Waals surface area (Å²) >= 11 is 0.